The third-order valence-electron chi connectivity index (χ3n) is 3.99. The van der Waals surface area contributed by atoms with Gasteiger partial charge in [-0.3, -0.25) is 0 Å². The molecule has 0 aliphatic heterocycles. The van der Waals surface area contributed by atoms with Crippen LogP contribution in [0, 0.1) is 0 Å². The molecule has 2 heteroatoms. The van der Waals surface area contributed by atoms with Crippen molar-refractivity contribution in [3.8, 4) is 5.75 Å². The van der Waals surface area contributed by atoms with Crippen LogP contribution in [0.2, 0.25) is 0 Å². The third kappa shape index (κ3) is 4.52. The molecule has 1 unspecified atom stereocenters. The lowest BCUT2D eigenvalue weighted by Gasteiger charge is -2.22. The Labute approximate surface area is 123 Å². The molecular weight excluding hydrogens is 246 g/mol. The molecule has 0 amide bonds. The Morgan fingerprint density at radius 2 is 1.90 bits per heavy atom. The molecule has 20 heavy (non-hydrogen) atoms. The smallest absolute Gasteiger partial charge is 0.120 e. The molecule has 0 heterocycles. The van der Waals surface area contributed by atoms with Crippen molar-refractivity contribution in [2.45, 2.75) is 71.4 Å². The molecule has 1 atom stereocenters. The van der Waals surface area contributed by atoms with Gasteiger partial charge in [0.1, 0.15) is 11.9 Å². The number of rotatable bonds is 7. The third-order valence-corrected chi connectivity index (χ3v) is 3.99. The van der Waals surface area contributed by atoms with Crippen LogP contribution in [-0.2, 0) is 12.8 Å². The number of hydrogen-bond acceptors (Lipinski definition) is 2. The van der Waals surface area contributed by atoms with Crippen LogP contribution in [0.3, 0.4) is 0 Å². The first kappa shape index (κ1) is 15.4. The maximum Gasteiger partial charge on any atom is 0.120 e. The van der Waals surface area contributed by atoms with Crippen molar-refractivity contribution in [3.05, 3.63) is 29.3 Å². The summed E-state index contributed by atoms with van der Waals surface area (Å²) in [7, 11) is 0. The van der Waals surface area contributed by atoms with Crippen molar-refractivity contribution >= 4 is 0 Å². The fraction of sp³-hybridized carbons (Fsp3) is 0.667. The van der Waals surface area contributed by atoms with Crippen LogP contribution in [0.1, 0.15) is 57.6 Å². The lowest BCUT2D eigenvalue weighted by atomic mass is 9.92. The van der Waals surface area contributed by atoms with Gasteiger partial charge in [-0.25, -0.2) is 0 Å². The van der Waals surface area contributed by atoms with Crippen molar-refractivity contribution in [2.75, 3.05) is 6.54 Å². The predicted molar refractivity (Wildman–Crippen MR) is 85.5 cm³/mol. The van der Waals surface area contributed by atoms with E-state index in [1.807, 2.05) is 0 Å². The van der Waals surface area contributed by atoms with Gasteiger partial charge in [-0.2, -0.15) is 0 Å². The molecule has 0 saturated heterocycles. The second-order valence-corrected chi connectivity index (χ2v) is 6.23. The molecule has 0 spiro atoms. The van der Waals surface area contributed by atoms with Gasteiger partial charge in [0, 0.05) is 12.6 Å². The van der Waals surface area contributed by atoms with Crippen LogP contribution >= 0.6 is 0 Å². The van der Waals surface area contributed by atoms with Crippen LogP contribution in [-0.4, -0.2) is 18.7 Å². The Bertz CT molecular complexity index is 414. The van der Waals surface area contributed by atoms with Gasteiger partial charge in [-0.1, -0.05) is 33.3 Å². The van der Waals surface area contributed by atoms with Crippen LogP contribution in [0.15, 0.2) is 18.2 Å². The standard InChI is InChI=1S/C18H29NO/c1-4-7-18(13-19-14(2)3)20-17-11-10-15-8-5-6-9-16(15)12-17/h10-12,14,18-19H,4-9,13H2,1-3H3. The fourth-order valence-corrected chi connectivity index (χ4v) is 2.87. The Balaban J connectivity index is 1.98. The van der Waals surface area contributed by atoms with Gasteiger partial charge in [-0.05, 0) is 55.4 Å². The van der Waals surface area contributed by atoms with Gasteiger partial charge in [0.25, 0.3) is 0 Å². The van der Waals surface area contributed by atoms with Gasteiger partial charge in [0.2, 0.25) is 0 Å². The van der Waals surface area contributed by atoms with E-state index in [1.165, 1.54) is 36.8 Å². The molecule has 1 N–H and O–H groups in total. The highest BCUT2D eigenvalue weighted by atomic mass is 16.5. The van der Waals surface area contributed by atoms with E-state index in [9.17, 15) is 0 Å². The second-order valence-electron chi connectivity index (χ2n) is 6.23. The Hall–Kier alpha value is -1.02. The number of benzene rings is 1. The quantitative estimate of drug-likeness (QED) is 0.808. The van der Waals surface area contributed by atoms with Crippen molar-refractivity contribution in [3.63, 3.8) is 0 Å². The summed E-state index contributed by atoms with van der Waals surface area (Å²) >= 11 is 0. The van der Waals surface area contributed by atoms with E-state index < -0.39 is 0 Å². The average Bonchev–Trinajstić information content (AvgIpc) is 2.45. The Morgan fingerprint density at radius 3 is 2.60 bits per heavy atom. The highest BCUT2D eigenvalue weighted by molar-refractivity contribution is 5.37. The topological polar surface area (TPSA) is 21.3 Å². The molecule has 0 aromatic heterocycles. The van der Waals surface area contributed by atoms with Crippen LogP contribution in [0.5, 0.6) is 5.75 Å². The molecule has 0 radical (unpaired) electrons. The van der Waals surface area contributed by atoms with Gasteiger partial charge in [-0.15, -0.1) is 0 Å². The van der Waals surface area contributed by atoms with Crippen molar-refractivity contribution in [1.82, 2.24) is 5.32 Å². The number of hydrogen-bond donors (Lipinski definition) is 1. The summed E-state index contributed by atoms with van der Waals surface area (Å²) in [4.78, 5) is 0. The molecule has 0 saturated carbocycles. The summed E-state index contributed by atoms with van der Waals surface area (Å²) in [5.74, 6) is 1.05. The minimum absolute atomic E-state index is 0.282. The summed E-state index contributed by atoms with van der Waals surface area (Å²) in [6, 6.07) is 7.21. The summed E-state index contributed by atoms with van der Waals surface area (Å²) in [6.45, 7) is 7.52. The van der Waals surface area contributed by atoms with E-state index in [-0.39, 0.29) is 6.10 Å². The molecule has 112 valence electrons. The molecule has 1 aromatic carbocycles. The van der Waals surface area contributed by atoms with E-state index in [1.54, 1.807) is 0 Å². The van der Waals surface area contributed by atoms with Gasteiger partial charge in [0.05, 0.1) is 0 Å². The number of aryl methyl sites for hydroxylation is 2. The van der Waals surface area contributed by atoms with Gasteiger partial charge >= 0.3 is 0 Å². The van der Waals surface area contributed by atoms with E-state index >= 15 is 0 Å². The minimum atomic E-state index is 0.282. The van der Waals surface area contributed by atoms with Crippen LogP contribution in [0.4, 0.5) is 0 Å². The SMILES string of the molecule is CCCC(CNC(C)C)Oc1ccc2c(c1)CCCC2. The molecule has 2 nitrogen and oxygen atoms in total. The first-order valence-electron chi connectivity index (χ1n) is 8.21. The van der Waals surface area contributed by atoms with E-state index in [4.69, 9.17) is 4.74 Å². The van der Waals surface area contributed by atoms with Crippen LogP contribution < -0.4 is 10.1 Å². The summed E-state index contributed by atoms with van der Waals surface area (Å²) in [5, 5.41) is 3.49. The van der Waals surface area contributed by atoms with Gasteiger partial charge in [0.15, 0.2) is 0 Å². The zero-order valence-corrected chi connectivity index (χ0v) is 13.2. The first-order chi connectivity index (χ1) is 9.69. The Kier molecular flexibility index (Phi) is 5.90. The predicted octanol–water partition coefficient (Wildman–Crippen LogP) is 4.11. The van der Waals surface area contributed by atoms with Crippen LogP contribution in [0.25, 0.3) is 0 Å². The summed E-state index contributed by atoms with van der Waals surface area (Å²) < 4.78 is 6.21. The molecule has 2 rings (SSSR count). The largest absolute Gasteiger partial charge is 0.489 e. The monoisotopic (exact) mass is 275 g/mol. The zero-order chi connectivity index (χ0) is 14.4. The van der Waals surface area contributed by atoms with E-state index in [0.717, 1.165) is 25.1 Å². The Morgan fingerprint density at radius 1 is 1.15 bits per heavy atom. The maximum absolute atomic E-state index is 6.21. The lowest BCUT2D eigenvalue weighted by Crippen LogP contribution is -2.35. The molecule has 0 bridgehead atoms. The molecule has 1 aliphatic carbocycles. The number of nitrogens with one attached hydrogen (secondary N) is 1. The van der Waals surface area contributed by atoms with E-state index in [2.05, 4.69) is 44.3 Å². The fourth-order valence-electron chi connectivity index (χ4n) is 2.87. The normalized spacial score (nSPS) is 16.0. The molecule has 1 aliphatic rings. The highest BCUT2D eigenvalue weighted by Crippen LogP contribution is 2.26. The van der Waals surface area contributed by atoms with Crippen molar-refractivity contribution in [1.29, 1.82) is 0 Å². The van der Waals surface area contributed by atoms with E-state index in [0.29, 0.717) is 6.04 Å². The minimum Gasteiger partial charge on any atom is -0.489 e. The lowest BCUT2D eigenvalue weighted by molar-refractivity contribution is 0.183. The first-order valence-corrected chi connectivity index (χ1v) is 8.21. The molecule has 0 fully saturated rings. The van der Waals surface area contributed by atoms with Crippen molar-refractivity contribution < 1.29 is 4.74 Å². The number of ether oxygens (including phenoxy) is 1. The zero-order valence-electron chi connectivity index (χ0n) is 13.2. The summed E-state index contributed by atoms with van der Waals surface area (Å²) in [6.07, 6.45) is 7.67. The number of fused-ring (bicyclic) bond motifs is 1. The van der Waals surface area contributed by atoms with Gasteiger partial charge < -0.3 is 10.1 Å². The highest BCUT2D eigenvalue weighted by Gasteiger charge is 2.13. The van der Waals surface area contributed by atoms with Crippen molar-refractivity contribution in [2.24, 2.45) is 0 Å². The second kappa shape index (κ2) is 7.68. The molecular formula is C18H29NO. The summed E-state index contributed by atoms with van der Waals surface area (Å²) in [5.41, 5.74) is 3.02. The molecule has 1 aromatic rings. The maximum atomic E-state index is 6.21. The average molecular weight is 275 g/mol.